The Morgan fingerprint density at radius 1 is 1.29 bits per heavy atom. The van der Waals surface area contributed by atoms with Gasteiger partial charge < -0.3 is 15.5 Å². The second kappa shape index (κ2) is 5.77. The summed E-state index contributed by atoms with van der Waals surface area (Å²) in [4.78, 5) is 27.2. The van der Waals surface area contributed by atoms with Gasteiger partial charge in [0, 0.05) is 13.1 Å². The summed E-state index contributed by atoms with van der Waals surface area (Å²) in [6.45, 7) is 4.51. The highest BCUT2D eigenvalue weighted by Crippen LogP contribution is 2.27. The van der Waals surface area contributed by atoms with Crippen molar-refractivity contribution in [3.8, 4) is 0 Å². The van der Waals surface area contributed by atoms with Crippen LogP contribution in [0.3, 0.4) is 0 Å². The summed E-state index contributed by atoms with van der Waals surface area (Å²) in [6, 6.07) is 3.63. The van der Waals surface area contributed by atoms with Gasteiger partial charge in [0.25, 0.3) is 5.91 Å². The Morgan fingerprint density at radius 2 is 2.05 bits per heavy atom. The number of nitrogens with zero attached hydrogens (tertiary/aromatic N) is 1. The summed E-state index contributed by atoms with van der Waals surface area (Å²) in [6.07, 6.45) is 4.05. The monoisotopic (exact) mass is 307 g/mol. The first-order valence-electron chi connectivity index (χ1n) is 7.54. The number of hydrogen-bond acceptors (Lipinski definition) is 4. The fourth-order valence-corrected chi connectivity index (χ4v) is 3.80. The summed E-state index contributed by atoms with van der Waals surface area (Å²) in [7, 11) is 0. The van der Waals surface area contributed by atoms with Gasteiger partial charge in [0.15, 0.2) is 0 Å². The van der Waals surface area contributed by atoms with E-state index >= 15 is 0 Å². The minimum absolute atomic E-state index is 0.0120. The summed E-state index contributed by atoms with van der Waals surface area (Å²) >= 11 is 1.36. The number of amides is 2. The highest BCUT2D eigenvalue weighted by molar-refractivity contribution is 7.18. The first-order chi connectivity index (χ1) is 10.1. The lowest BCUT2D eigenvalue weighted by Crippen LogP contribution is -2.47. The van der Waals surface area contributed by atoms with Gasteiger partial charge in [-0.2, -0.15) is 0 Å². The molecule has 0 bridgehead atoms. The second-order valence-electron chi connectivity index (χ2n) is 5.98. The van der Waals surface area contributed by atoms with Gasteiger partial charge in [-0.15, -0.1) is 11.3 Å². The predicted molar refractivity (Wildman–Crippen MR) is 83.7 cm³/mol. The molecule has 2 aliphatic rings. The normalized spacial score (nSPS) is 25.3. The molecule has 2 saturated heterocycles. The summed E-state index contributed by atoms with van der Waals surface area (Å²) < 4.78 is 0. The highest BCUT2D eigenvalue weighted by Gasteiger charge is 2.36. The smallest absolute Gasteiger partial charge is 0.263 e. The Hall–Kier alpha value is -1.40. The number of nitrogens with one attached hydrogen (secondary N) is 2. The molecule has 0 saturated carbocycles. The molecule has 2 N–H and O–H groups in total. The predicted octanol–water partition coefficient (Wildman–Crippen LogP) is 2.06. The van der Waals surface area contributed by atoms with Crippen LogP contribution in [-0.4, -0.2) is 41.9 Å². The highest BCUT2D eigenvalue weighted by atomic mass is 32.1. The van der Waals surface area contributed by atoms with Crippen molar-refractivity contribution >= 4 is 28.2 Å². The van der Waals surface area contributed by atoms with Gasteiger partial charge >= 0.3 is 0 Å². The number of anilines is 1. The molecule has 3 heterocycles. The van der Waals surface area contributed by atoms with E-state index in [0.717, 1.165) is 50.3 Å². The maximum absolute atomic E-state index is 12.3. The molecule has 114 valence electrons. The van der Waals surface area contributed by atoms with Crippen LogP contribution < -0.4 is 10.6 Å². The first kappa shape index (κ1) is 14.5. The van der Waals surface area contributed by atoms with Gasteiger partial charge in [-0.25, -0.2) is 0 Å². The van der Waals surface area contributed by atoms with E-state index in [2.05, 4.69) is 10.6 Å². The van der Waals surface area contributed by atoms with Crippen molar-refractivity contribution < 1.29 is 9.59 Å². The van der Waals surface area contributed by atoms with Crippen LogP contribution in [0.25, 0.3) is 0 Å². The summed E-state index contributed by atoms with van der Waals surface area (Å²) in [5.41, 5.74) is -0.483. The molecule has 3 rings (SSSR count). The standard InChI is InChI=1S/C15H21N3O2S/c1-15(7-4-8-16-15)14(20)17-12-6-5-11(21-12)13(19)18-9-2-3-10-18/h5-6,16H,2-4,7-10H2,1H3,(H,17,20)/t15-/m0/s1. The fraction of sp³-hybridized carbons (Fsp3) is 0.600. The van der Waals surface area contributed by atoms with Gasteiger partial charge in [0.1, 0.15) is 0 Å². The second-order valence-corrected chi connectivity index (χ2v) is 7.06. The quantitative estimate of drug-likeness (QED) is 0.898. The molecule has 5 nitrogen and oxygen atoms in total. The van der Waals surface area contributed by atoms with Gasteiger partial charge in [-0.3, -0.25) is 9.59 Å². The maximum atomic E-state index is 12.3. The van der Waals surface area contributed by atoms with E-state index in [1.54, 1.807) is 0 Å². The topological polar surface area (TPSA) is 61.4 Å². The number of thiophene rings is 1. The number of hydrogen-bond donors (Lipinski definition) is 2. The van der Waals surface area contributed by atoms with Crippen molar-refractivity contribution in [3.63, 3.8) is 0 Å². The lowest BCUT2D eigenvalue weighted by molar-refractivity contribution is -0.121. The molecule has 0 radical (unpaired) electrons. The van der Waals surface area contributed by atoms with Crippen molar-refractivity contribution in [2.24, 2.45) is 0 Å². The lowest BCUT2D eigenvalue weighted by Gasteiger charge is -2.22. The van der Waals surface area contributed by atoms with Crippen LogP contribution in [0.4, 0.5) is 5.00 Å². The summed E-state index contributed by atoms with van der Waals surface area (Å²) in [5, 5.41) is 6.93. The fourth-order valence-electron chi connectivity index (χ4n) is 2.93. The Morgan fingerprint density at radius 3 is 2.71 bits per heavy atom. The van der Waals surface area contributed by atoms with Crippen molar-refractivity contribution in [2.75, 3.05) is 25.0 Å². The molecule has 2 fully saturated rings. The van der Waals surface area contributed by atoms with Crippen LogP contribution in [0.1, 0.15) is 42.3 Å². The van der Waals surface area contributed by atoms with Gasteiger partial charge in [0.2, 0.25) is 5.91 Å². The van der Waals surface area contributed by atoms with E-state index in [9.17, 15) is 9.59 Å². The van der Waals surface area contributed by atoms with Crippen LogP contribution in [0.5, 0.6) is 0 Å². The minimum atomic E-state index is -0.483. The van der Waals surface area contributed by atoms with E-state index in [1.807, 2.05) is 24.0 Å². The van der Waals surface area contributed by atoms with E-state index in [-0.39, 0.29) is 11.8 Å². The van der Waals surface area contributed by atoms with E-state index in [1.165, 1.54) is 11.3 Å². The molecule has 0 spiro atoms. The van der Waals surface area contributed by atoms with Crippen molar-refractivity contribution in [1.82, 2.24) is 10.2 Å². The SMILES string of the molecule is C[C@@]1(C(=O)Nc2ccc(C(=O)N3CCCC3)s2)CCCN1. The molecule has 21 heavy (non-hydrogen) atoms. The third kappa shape index (κ3) is 2.96. The number of carbonyl (C=O) groups excluding carboxylic acids is 2. The van der Waals surface area contributed by atoms with Crippen molar-refractivity contribution in [3.05, 3.63) is 17.0 Å². The molecule has 1 aromatic heterocycles. The molecule has 2 amide bonds. The molecule has 1 atom stereocenters. The average molecular weight is 307 g/mol. The zero-order valence-corrected chi connectivity index (χ0v) is 13.1. The van der Waals surface area contributed by atoms with E-state index in [0.29, 0.717) is 4.88 Å². The average Bonchev–Trinajstić information content (AvgIpc) is 3.19. The molecule has 6 heteroatoms. The lowest BCUT2D eigenvalue weighted by atomic mass is 9.99. The molecule has 2 aliphatic heterocycles. The maximum Gasteiger partial charge on any atom is 0.263 e. The van der Waals surface area contributed by atoms with Gasteiger partial charge in [-0.1, -0.05) is 0 Å². The minimum Gasteiger partial charge on any atom is -0.338 e. The molecular formula is C15H21N3O2S. The Labute approximate surface area is 128 Å². The first-order valence-corrected chi connectivity index (χ1v) is 8.36. The molecular weight excluding hydrogens is 286 g/mol. The Bertz CT molecular complexity index is 543. The van der Waals surface area contributed by atoms with Crippen LogP contribution >= 0.6 is 11.3 Å². The Kier molecular flexibility index (Phi) is 3.99. The Balaban J connectivity index is 1.64. The van der Waals surface area contributed by atoms with Crippen LogP contribution in [0.15, 0.2) is 12.1 Å². The summed E-state index contributed by atoms with van der Waals surface area (Å²) in [5.74, 6) is 0.0743. The van der Waals surface area contributed by atoms with Crippen LogP contribution in [-0.2, 0) is 4.79 Å². The zero-order valence-electron chi connectivity index (χ0n) is 12.3. The zero-order chi connectivity index (χ0) is 14.9. The van der Waals surface area contributed by atoms with Crippen molar-refractivity contribution in [2.45, 2.75) is 38.1 Å². The number of carbonyl (C=O) groups is 2. The molecule has 0 aromatic carbocycles. The molecule has 0 aliphatic carbocycles. The largest absolute Gasteiger partial charge is 0.338 e. The van der Waals surface area contributed by atoms with Gasteiger partial charge in [0.05, 0.1) is 15.4 Å². The van der Waals surface area contributed by atoms with Crippen LogP contribution in [0, 0.1) is 0 Å². The number of rotatable bonds is 3. The third-order valence-electron chi connectivity index (χ3n) is 4.32. The molecule has 0 unspecified atom stereocenters. The molecule has 1 aromatic rings. The van der Waals surface area contributed by atoms with Crippen LogP contribution in [0.2, 0.25) is 0 Å². The van der Waals surface area contributed by atoms with Gasteiger partial charge in [-0.05, 0) is 51.3 Å². The van der Waals surface area contributed by atoms with E-state index < -0.39 is 5.54 Å². The van der Waals surface area contributed by atoms with Crippen molar-refractivity contribution in [1.29, 1.82) is 0 Å². The number of likely N-dealkylation sites (tertiary alicyclic amines) is 1. The third-order valence-corrected chi connectivity index (χ3v) is 5.31. The van der Waals surface area contributed by atoms with E-state index in [4.69, 9.17) is 0 Å².